The third-order valence-electron chi connectivity index (χ3n) is 2.83. The van der Waals surface area contributed by atoms with Crippen LogP contribution < -0.4 is 0 Å². The van der Waals surface area contributed by atoms with Gasteiger partial charge >= 0.3 is 5.97 Å². The molecular weight excluding hydrogens is 322 g/mol. The van der Waals surface area contributed by atoms with Gasteiger partial charge in [0.05, 0.1) is 0 Å². The second-order valence-corrected chi connectivity index (χ2v) is 5.63. The number of thiophene rings is 1. The van der Waals surface area contributed by atoms with Crippen molar-refractivity contribution in [3.63, 3.8) is 0 Å². The van der Waals surface area contributed by atoms with E-state index >= 15 is 0 Å². The molecule has 0 aromatic carbocycles. The fraction of sp³-hybridized carbons (Fsp3) is 0.455. The topological polar surface area (TPSA) is 66.8 Å². The van der Waals surface area contributed by atoms with Crippen LogP contribution in [0, 0.1) is 0 Å². The Bertz CT molecular complexity index is 473. The van der Waals surface area contributed by atoms with E-state index in [1.54, 1.807) is 4.90 Å². The third-order valence-corrected chi connectivity index (χ3v) is 4.77. The van der Waals surface area contributed by atoms with E-state index in [9.17, 15) is 14.7 Å². The van der Waals surface area contributed by atoms with Gasteiger partial charge in [0.1, 0.15) is 12.6 Å². The highest BCUT2D eigenvalue weighted by molar-refractivity contribution is 9.10. The Morgan fingerprint density at radius 3 is 2.94 bits per heavy atom. The summed E-state index contributed by atoms with van der Waals surface area (Å²) < 4.78 is 5.98. The monoisotopic (exact) mass is 333 g/mol. The Morgan fingerprint density at radius 1 is 1.72 bits per heavy atom. The molecule has 18 heavy (non-hydrogen) atoms. The highest BCUT2D eigenvalue weighted by Crippen LogP contribution is 2.37. The molecule has 0 saturated carbocycles. The lowest BCUT2D eigenvalue weighted by Gasteiger charge is -2.38. The summed E-state index contributed by atoms with van der Waals surface area (Å²) >= 11 is 4.79. The molecule has 1 aromatic rings. The van der Waals surface area contributed by atoms with Gasteiger partial charge < -0.3 is 14.7 Å². The standard InChI is InChI=1S/C11H12BrNO4S/c1-2-13-7(14)5-17-9(11(15)16)8(13)10-6(12)3-4-18-10/h3-4,8-9H,2,5H2,1H3,(H,15,16). The first-order valence-corrected chi connectivity index (χ1v) is 7.10. The summed E-state index contributed by atoms with van der Waals surface area (Å²) in [6.45, 7) is 2.11. The van der Waals surface area contributed by atoms with Crippen molar-refractivity contribution >= 4 is 39.1 Å². The van der Waals surface area contributed by atoms with E-state index in [1.165, 1.54) is 11.3 Å². The summed E-state index contributed by atoms with van der Waals surface area (Å²) in [4.78, 5) is 25.4. The number of carbonyl (C=O) groups is 2. The maximum atomic E-state index is 11.8. The summed E-state index contributed by atoms with van der Waals surface area (Å²) in [5.41, 5.74) is 0. The van der Waals surface area contributed by atoms with Crippen molar-refractivity contribution in [3.8, 4) is 0 Å². The number of halogens is 1. The summed E-state index contributed by atoms with van der Waals surface area (Å²) in [7, 11) is 0. The van der Waals surface area contributed by atoms with Crippen molar-refractivity contribution in [2.45, 2.75) is 19.1 Å². The van der Waals surface area contributed by atoms with Crippen LogP contribution >= 0.6 is 27.3 Å². The van der Waals surface area contributed by atoms with Gasteiger partial charge in [-0.1, -0.05) is 0 Å². The van der Waals surface area contributed by atoms with E-state index in [0.717, 1.165) is 9.35 Å². The summed E-state index contributed by atoms with van der Waals surface area (Å²) in [6.07, 6.45) is -1.02. The number of carboxylic acid groups (broad SMARTS) is 1. The molecule has 0 aliphatic carbocycles. The summed E-state index contributed by atoms with van der Waals surface area (Å²) in [6, 6.07) is 1.27. The van der Waals surface area contributed by atoms with Gasteiger partial charge in [-0.2, -0.15) is 0 Å². The number of hydrogen-bond acceptors (Lipinski definition) is 4. The van der Waals surface area contributed by atoms with Crippen LogP contribution in [0.2, 0.25) is 0 Å². The largest absolute Gasteiger partial charge is 0.479 e. The third kappa shape index (κ3) is 2.30. The van der Waals surface area contributed by atoms with E-state index < -0.39 is 18.1 Å². The van der Waals surface area contributed by atoms with Crippen LogP contribution in [0.1, 0.15) is 17.8 Å². The van der Waals surface area contributed by atoms with E-state index in [0.29, 0.717) is 6.54 Å². The smallest absolute Gasteiger partial charge is 0.335 e. The van der Waals surface area contributed by atoms with Crippen LogP contribution in [0.5, 0.6) is 0 Å². The Kier molecular flexibility index (Phi) is 4.04. The SMILES string of the molecule is CCN1C(=O)COC(C(=O)O)C1c1sccc1Br. The van der Waals surface area contributed by atoms with Crippen LogP contribution in [0.25, 0.3) is 0 Å². The minimum absolute atomic E-state index is 0.176. The first kappa shape index (κ1) is 13.5. The zero-order chi connectivity index (χ0) is 13.3. The van der Waals surface area contributed by atoms with Crippen molar-refractivity contribution in [2.24, 2.45) is 0 Å². The molecule has 0 bridgehead atoms. The van der Waals surface area contributed by atoms with Crippen LogP contribution in [-0.4, -0.2) is 41.1 Å². The molecule has 1 fully saturated rings. The van der Waals surface area contributed by atoms with Gasteiger partial charge in [0, 0.05) is 15.9 Å². The number of carboxylic acids is 1. The van der Waals surface area contributed by atoms with Crippen LogP contribution in [0.3, 0.4) is 0 Å². The minimum atomic E-state index is -1.05. The molecule has 1 saturated heterocycles. The molecule has 2 unspecified atom stereocenters. The average molecular weight is 334 g/mol. The number of hydrogen-bond donors (Lipinski definition) is 1. The van der Waals surface area contributed by atoms with Crippen molar-refractivity contribution < 1.29 is 19.4 Å². The molecule has 7 heteroatoms. The molecule has 1 aliphatic rings. The second kappa shape index (κ2) is 5.38. The van der Waals surface area contributed by atoms with E-state index in [-0.39, 0.29) is 12.5 Å². The first-order chi connectivity index (χ1) is 8.56. The van der Waals surface area contributed by atoms with Crippen molar-refractivity contribution in [3.05, 3.63) is 20.8 Å². The fourth-order valence-corrected chi connectivity index (χ4v) is 3.77. The molecule has 2 heterocycles. The number of carbonyl (C=O) groups excluding carboxylic acids is 1. The Morgan fingerprint density at radius 2 is 2.44 bits per heavy atom. The molecule has 2 rings (SSSR count). The van der Waals surface area contributed by atoms with Crippen LogP contribution in [-0.2, 0) is 14.3 Å². The lowest BCUT2D eigenvalue weighted by molar-refractivity contribution is -0.172. The number of ether oxygens (including phenoxy) is 1. The predicted octanol–water partition coefficient (Wildman–Crippen LogP) is 1.88. The maximum Gasteiger partial charge on any atom is 0.335 e. The van der Waals surface area contributed by atoms with Gasteiger partial charge in [-0.3, -0.25) is 4.79 Å². The van der Waals surface area contributed by atoms with Crippen molar-refractivity contribution in [1.29, 1.82) is 0 Å². The highest BCUT2D eigenvalue weighted by Gasteiger charge is 2.42. The number of likely N-dealkylation sites (N-methyl/N-ethyl adjacent to an activating group) is 1. The molecule has 0 radical (unpaired) electrons. The Balaban J connectivity index is 2.43. The molecule has 1 aromatic heterocycles. The molecule has 1 N–H and O–H groups in total. The van der Waals surface area contributed by atoms with Gasteiger partial charge in [-0.05, 0) is 34.3 Å². The number of rotatable bonds is 3. The van der Waals surface area contributed by atoms with Gasteiger partial charge in [-0.15, -0.1) is 11.3 Å². The maximum absolute atomic E-state index is 11.8. The number of amides is 1. The quantitative estimate of drug-likeness (QED) is 0.917. The zero-order valence-electron chi connectivity index (χ0n) is 9.63. The lowest BCUT2D eigenvalue weighted by Crippen LogP contribution is -2.51. The molecule has 2 atom stereocenters. The normalized spacial score (nSPS) is 24.3. The molecule has 1 aliphatic heterocycles. The second-order valence-electron chi connectivity index (χ2n) is 3.83. The summed E-state index contributed by atoms with van der Waals surface area (Å²) in [5, 5.41) is 11.1. The van der Waals surface area contributed by atoms with Gasteiger partial charge in [-0.25, -0.2) is 4.79 Å². The molecular formula is C11H12BrNO4S. The van der Waals surface area contributed by atoms with Crippen molar-refractivity contribution in [2.75, 3.05) is 13.2 Å². The van der Waals surface area contributed by atoms with E-state index in [2.05, 4.69) is 15.9 Å². The zero-order valence-corrected chi connectivity index (χ0v) is 12.0. The molecule has 5 nitrogen and oxygen atoms in total. The molecule has 98 valence electrons. The van der Waals surface area contributed by atoms with Gasteiger partial charge in [0.25, 0.3) is 0 Å². The van der Waals surface area contributed by atoms with Gasteiger partial charge in [0.15, 0.2) is 6.10 Å². The summed E-state index contributed by atoms with van der Waals surface area (Å²) in [5.74, 6) is -1.23. The average Bonchev–Trinajstić information content (AvgIpc) is 2.74. The fourth-order valence-electron chi connectivity index (χ4n) is 2.03. The molecule has 0 spiro atoms. The lowest BCUT2D eigenvalue weighted by atomic mass is 10.1. The highest BCUT2D eigenvalue weighted by atomic mass is 79.9. The number of aliphatic carboxylic acids is 1. The van der Waals surface area contributed by atoms with Crippen LogP contribution in [0.4, 0.5) is 0 Å². The minimum Gasteiger partial charge on any atom is -0.479 e. The Labute approximate surface area is 116 Å². The number of morpholine rings is 1. The molecule has 1 amide bonds. The van der Waals surface area contributed by atoms with E-state index in [1.807, 2.05) is 18.4 Å². The van der Waals surface area contributed by atoms with E-state index in [4.69, 9.17) is 4.74 Å². The number of nitrogens with zero attached hydrogens (tertiary/aromatic N) is 1. The van der Waals surface area contributed by atoms with Crippen LogP contribution in [0.15, 0.2) is 15.9 Å². The van der Waals surface area contributed by atoms with Gasteiger partial charge in [0.2, 0.25) is 5.91 Å². The first-order valence-electron chi connectivity index (χ1n) is 5.43. The van der Waals surface area contributed by atoms with Crippen molar-refractivity contribution in [1.82, 2.24) is 4.90 Å². The predicted molar refractivity (Wildman–Crippen MR) is 69.5 cm³/mol. The Hall–Kier alpha value is -0.920.